The second kappa shape index (κ2) is 6.45. The summed E-state index contributed by atoms with van der Waals surface area (Å²) in [6, 6.07) is 7.65. The van der Waals surface area contributed by atoms with Gasteiger partial charge in [0.15, 0.2) is 0 Å². The van der Waals surface area contributed by atoms with Crippen molar-refractivity contribution >= 4 is 17.5 Å². The number of hydrogen-bond donors (Lipinski definition) is 0. The summed E-state index contributed by atoms with van der Waals surface area (Å²) in [5.41, 5.74) is 9.44. The summed E-state index contributed by atoms with van der Waals surface area (Å²) in [4.78, 5) is 16.4. The molecule has 19 heavy (non-hydrogen) atoms. The molecule has 0 spiro atoms. The van der Waals surface area contributed by atoms with Crippen LogP contribution in [0.15, 0.2) is 29.4 Å². The molecule has 0 aliphatic carbocycles. The Balaban J connectivity index is 1.84. The Kier molecular flexibility index (Phi) is 4.66. The van der Waals surface area contributed by atoms with Crippen LogP contribution in [0.2, 0.25) is 5.02 Å². The van der Waals surface area contributed by atoms with Crippen LogP contribution < -0.4 is 0 Å². The molecule has 6 heteroatoms. The van der Waals surface area contributed by atoms with Crippen molar-refractivity contribution in [2.75, 3.05) is 19.6 Å². The van der Waals surface area contributed by atoms with Gasteiger partial charge < -0.3 is 4.90 Å². The van der Waals surface area contributed by atoms with Gasteiger partial charge in [-0.2, -0.15) is 0 Å². The van der Waals surface area contributed by atoms with Crippen molar-refractivity contribution in [2.45, 2.75) is 12.8 Å². The van der Waals surface area contributed by atoms with Crippen LogP contribution in [-0.4, -0.2) is 30.4 Å². The Morgan fingerprint density at radius 1 is 1.42 bits per heavy atom. The zero-order valence-electron chi connectivity index (χ0n) is 10.5. The van der Waals surface area contributed by atoms with Gasteiger partial charge in [0.1, 0.15) is 0 Å². The van der Waals surface area contributed by atoms with Gasteiger partial charge in [0.25, 0.3) is 0 Å². The second-order valence-corrected chi connectivity index (χ2v) is 5.14. The smallest absolute Gasteiger partial charge is 0.222 e. The highest BCUT2D eigenvalue weighted by Crippen LogP contribution is 2.19. The van der Waals surface area contributed by atoms with Gasteiger partial charge in [-0.1, -0.05) is 28.8 Å². The Labute approximate surface area is 116 Å². The molecule has 2 rings (SSSR count). The summed E-state index contributed by atoms with van der Waals surface area (Å²) in [6.45, 7) is 1.79. The minimum Gasteiger partial charge on any atom is -0.342 e. The average Bonchev–Trinajstić information content (AvgIpc) is 2.76. The first kappa shape index (κ1) is 13.7. The zero-order valence-corrected chi connectivity index (χ0v) is 11.3. The maximum absolute atomic E-state index is 11.8. The zero-order chi connectivity index (χ0) is 13.7. The molecule has 0 aromatic heterocycles. The van der Waals surface area contributed by atoms with Gasteiger partial charge in [-0.05, 0) is 35.6 Å². The maximum atomic E-state index is 11.8. The minimum atomic E-state index is 0.145. The fourth-order valence-corrected chi connectivity index (χ4v) is 2.39. The van der Waals surface area contributed by atoms with Crippen molar-refractivity contribution in [1.82, 2.24) is 4.90 Å². The molecular formula is C13H15ClN4O. The predicted octanol–water partition coefficient (Wildman–Crippen LogP) is 3.04. The summed E-state index contributed by atoms with van der Waals surface area (Å²) >= 11 is 5.83. The summed E-state index contributed by atoms with van der Waals surface area (Å²) < 4.78 is 0. The molecule has 1 fully saturated rings. The van der Waals surface area contributed by atoms with Gasteiger partial charge in [0, 0.05) is 36.0 Å². The fourth-order valence-electron chi connectivity index (χ4n) is 2.26. The average molecular weight is 279 g/mol. The minimum absolute atomic E-state index is 0.145. The van der Waals surface area contributed by atoms with Crippen molar-refractivity contribution in [3.8, 4) is 0 Å². The van der Waals surface area contributed by atoms with Crippen molar-refractivity contribution in [3.63, 3.8) is 0 Å². The Morgan fingerprint density at radius 3 is 2.84 bits per heavy atom. The van der Waals surface area contributed by atoms with Crippen LogP contribution in [-0.2, 0) is 11.2 Å². The molecule has 0 bridgehead atoms. The quantitative estimate of drug-likeness (QED) is 0.464. The lowest BCUT2D eigenvalue weighted by Gasteiger charge is -2.16. The number of nitrogens with zero attached hydrogens (tertiary/aromatic N) is 4. The van der Waals surface area contributed by atoms with E-state index < -0.39 is 0 Å². The molecule has 1 amide bonds. The third-order valence-electron chi connectivity index (χ3n) is 3.28. The van der Waals surface area contributed by atoms with Gasteiger partial charge in [-0.25, -0.2) is 0 Å². The van der Waals surface area contributed by atoms with Crippen molar-refractivity contribution in [1.29, 1.82) is 0 Å². The van der Waals surface area contributed by atoms with Gasteiger partial charge in [-0.3, -0.25) is 4.79 Å². The van der Waals surface area contributed by atoms with Crippen LogP contribution in [0.25, 0.3) is 10.4 Å². The summed E-state index contributed by atoms with van der Waals surface area (Å²) in [7, 11) is 0. The van der Waals surface area contributed by atoms with E-state index in [-0.39, 0.29) is 11.8 Å². The van der Waals surface area contributed by atoms with Gasteiger partial charge in [-0.15, -0.1) is 0 Å². The monoisotopic (exact) mass is 278 g/mol. The van der Waals surface area contributed by atoms with Crippen LogP contribution in [0.1, 0.15) is 12.0 Å². The molecule has 1 atom stereocenters. The SMILES string of the molecule is [N-]=[N+]=NCC1CC(=O)N(CCc2ccc(Cl)cc2)C1. The second-order valence-electron chi connectivity index (χ2n) is 4.70. The molecule has 0 N–H and O–H groups in total. The first-order valence-corrected chi connectivity index (χ1v) is 6.60. The number of halogens is 1. The van der Waals surface area contributed by atoms with Gasteiger partial charge in [0.2, 0.25) is 5.91 Å². The number of rotatable bonds is 5. The van der Waals surface area contributed by atoms with E-state index in [2.05, 4.69) is 10.0 Å². The van der Waals surface area contributed by atoms with Crippen LogP contribution in [0.3, 0.4) is 0 Å². The topological polar surface area (TPSA) is 69.1 Å². The van der Waals surface area contributed by atoms with Crippen LogP contribution in [0, 0.1) is 5.92 Å². The van der Waals surface area contributed by atoms with Crippen LogP contribution >= 0.6 is 11.6 Å². The lowest BCUT2D eigenvalue weighted by molar-refractivity contribution is -0.127. The number of amides is 1. The normalized spacial score (nSPS) is 18.5. The Bertz CT molecular complexity index is 496. The molecule has 1 heterocycles. The fraction of sp³-hybridized carbons (Fsp3) is 0.462. The Morgan fingerprint density at radius 2 is 2.16 bits per heavy atom. The van der Waals surface area contributed by atoms with Crippen LogP contribution in [0.4, 0.5) is 0 Å². The number of benzene rings is 1. The first-order valence-electron chi connectivity index (χ1n) is 6.22. The number of carbonyl (C=O) groups is 1. The molecule has 5 nitrogen and oxygen atoms in total. The third-order valence-corrected chi connectivity index (χ3v) is 3.53. The lowest BCUT2D eigenvalue weighted by Crippen LogP contribution is -2.27. The van der Waals surface area contributed by atoms with Crippen molar-refractivity contribution in [3.05, 3.63) is 45.3 Å². The maximum Gasteiger partial charge on any atom is 0.222 e. The van der Waals surface area contributed by atoms with E-state index in [1.54, 1.807) is 0 Å². The standard InChI is InChI=1S/C13H15ClN4O/c14-12-3-1-10(2-4-12)5-6-18-9-11(7-13(18)19)8-16-17-15/h1-4,11H,5-9H2. The van der Waals surface area contributed by atoms with Crippen molar-refractivity contribution < 1.29 is 4.79 Å². The molecule has 1 aromatic carbocycles. The molecule has 1 unspecified atom stereocenters. The molecule has 100 valence electrons. The van der Waals surface area contributed by atoms with E-state index in [9.17, 15) is 4.79 Å². The predicted molar refractivity (Wildman–Crippen MR) is 73.9 cm³/mol. The molecular weight excluding hydrogens is 264 g/mol. The molecule has 0 saturated carbocycles. The highest BCUT2D eigenvalue weighted by molar-refractivity contribution is 6.30. The van der Waals surface area contributed by atoms with Gasteiger partial charge >= 0.3 is 0 Å². The van der Waals surface area contributed by atoms with Crippen molar-refractivity contribution in [2.24, 2.45) is 11.0 Å². The highest BCUT2D eigenvalue weighted by atomic mass is 35.5. The number of azide groups is 1. The first-order chi connectivity index (χ1) is 9.19. The summed E-state index contributed by atoms with van der Waals surface area (Å²) in [5.74, 6) is 0.306. The summed E-state index contributed by atoms with van der Waals surface area (Å²) in [5, 5.41) is 4.26. The number of hydrogen-bond acceptors (Lipinski definition) is 2. The number of likely N-dealkylation sites (tertiary alicyclic amines) is 1. The van der Waals surface area contributed by atoms with E-state index in [4.69, 9.17) is 17.1 Å². The van der Waals surface area contributed by atoms with Gasteiger partial charge in [0.05, 0.1) is 0 Å². The molecule has 0 radical (unpaired) electrons. The largest absolute Gasteiger partial charge is 0.342 e. The van der Waals surface area contributed by atoms with E-state index in [1.807, 2.05) is 29.2 Å². The Hall–Kier alpha value is -1.71. The highest BCUT2D eigenvalue weighted by Gasteiger charge is 2.28. The molecule has 1 aliphatic heterocycles. The van der Waals surface area contributed by atoms with E-state index in [0.717, 1.165) is 17.0 Å². The number of carbonyl (C=O) groups excluding carboxylic acids is 1. The van der Waals surface area contributed by atoms with Crippen LogP contribution in [0.5, 0.6) is 0 Å². The molecule has 1 saturated heterocycles. The van der Waals surface area contributed by atoms with E-state index in [0.29, 0.717) is 26.1 Å². The molecule has 1 aliphatic rings. The summed E-state index contributed by atoms with van der Waals surface area (Å²) in [6.07, 6.45) is 1.30. The van der Waals surface area contributed by atoms with E-state index >= 15 is 0 Å². The van der Waals surface area contributed by atoms with E-state index in [1.165, 1.54) is 0 Å². The molecule has 1 aromatic rings. The lowest BCUT2D eigenvalue weighted by atomic mass is 10.1. The third kappa shape index (κ3) is 3.88.